The summed E-state index contributed by atoms with van der Waals surface area (Å²) < 4.78 is 4.71. The summed E-state index contributed by atoms with van der Waals surface area (Å²) in [5, 5.41) is 17.3. The van der Waals surface area contributed by atoms with E-state index in [1.165, 1.54) is 10.9 Å². The lowest BCUT2D eigenvalue weighted by atomic mass is 10.1. The Kier molecular flexibility index (Phi) is 3.68. The van der Waals surface area contributed by atoms with Crippen LogP contribution in [0.3, 0.4) is 0 Å². The van der Waals surface area contributed by atoms with Gasteiger partial charge < -0.3 is 10.4 Å². The predicted molar refractivity (Wildman–Crippen MR) is 103 cm³/mol. The maximum Gasteiger partial charge on any atom is 0.330 e. The predicted octanol–water partition coefficient (Wildman–Crippen LogP) is 1.34. The van der Waals surface area contributed by atoms with E-state index in [2.05, 4.69) is 25.4 Å². The Labute approximate surface area is 163 Å². The number of nitrogens with one attached hydrogen (secondary N) is 1. The van der Waals surface area contributed by atoms with Crippen LogP contribution in [0.2, 0.25) is 5.02 Å². The first-order chi connectivity index (χ1) is 13.5. The van der Waals surface area contributed by atoms with Gasteiger partial charge in [-0.1, -0.05) is 11.6 Å². The van der Waals surface area contributed by atoms with E-state index in [1.807, 2.05) is 0 Å². The zero-order valence-corrected chi connectivity index (χ0v) is 15.8. The third kappa shape index (κ3) is 2.64. The Morgan fingerprint density at radius 3 is 2.93 bits per heavy atom. The molecule has 1 saturated carbocycles. The van der Waals surface area contributed by atoms with Crippen LogP contribution in [0.25, 0.3) is 16.8 Å². The first kappa shape index (κ1) is 17.1. The van der Waals surface area contributed by atoms with Crippen molar-refractivity contribution in [2.24, 2.45) is 12.5 Å². The average molecular weight is 401 g/mol. The van der Waals surface area contributed by atoms with Gasteiger partial charge in [0.2, 0.25) is 5.95 Å². The number of nitrogens with zero attached hydrogens (tertiary/aromatic N) is 7. The van der Waals surface area contributed by atoms with Crippen molar-refractivity contribution in [2.45, 2.75) is 19.4 Å². The molecule has 0 aliphatic heterocycles. The van der Waals surface area contributed by atoms with Gasteiger partial charge in [-0.3, -0.25) is 9.13 Å². The number of halogens is 1. The molecule has 0 amide bonds. The van der Waals surface area contributed by atoms with Gasteiger partial charge >= 0.3 is 5.69 Å². The summed E-state index contributed by atoms with van der Waals surface area (Å²) >= 11 is 6.32. The van der Waals surface area contributed by atoms with Crippen molar-refractivity contribution in [1.82, 2.24) is 33.7 Å². The number of rotatable bonds is 5. The molecule has 0 aromatic carbocycles. The zero-order chi connectivity index (χ0) is 19.5. The standard InChI is InChI=1S/C17H17ClN8O2/c1-24-12-5-19-15(22-11-6-26-13(4-10(11)18)20-9-21-26)23-14(12)25(16(24)28)7-17(8-27)2-3-17/h4-6,9,27H,2-3,7-8H2,1H3,(H,19,22,23). The fourth-order valence-corrected chi connectivity index (χ4v) is 3.50. The Morgan fingerprint density at radius 2 is 2.18 bits per heavy atom. The van der Waals surface area contributed by atoms with Crippen LogP contribution in [0, 0.1) is 5.41 Å². The van der Waals surface area contributed by atoms with Crippen LogP contribution < -0.4 is 11.0 Å². The van der Waals surface area contributed by atoms with Crippen molar-refractivity contribution in [1.29, 1.82) is 0 Å². The molecule has 5 rings (SSSR count). The highest BCUT2D eigenvalue weighted by atomic mass is 35.5. The van der Waals surface area contributed by atoms with E-state index in [0.29, 0.717) is 40.0 Å². The number of fused-ring (bicyclic) bond motifs is 2. The number of hydrogen-bond donors (Lipinski definition) is 2. The van der Waals surface area contributed by atoms with Gasteiger partial charge in [0.15, 0.2) is 11.3 Å². The monoisotopic (exact) mass is 400 g/mol. The van der Waals surface area contributed by atoms with Crippen molar-refractivity contribution in [3.8, 4) is 0 Å². The summed E-state index contributed by atoms with van der Waals surface area (Å²) in [5.74, 6) is 0.307. The number of hydrogen-bond acceptors (Lipinski definition) is 7. The normalized spacial score (nSPS) is 15.4. The number of aliphatic hydroxyl groups is 1. The highest BCUT2D eigenvalue weighted by Gasteiger charge is 2.43. The van der Waals surface area contributed by atoms with Crippen LogP contribution in [0.15, 0.2) is 29.6 Å². The molecule has 4 aromatic heterocycles. The number of aliphatic hydroxyl groups excluding tert-OH is 1. The molecule has 0 unspecified atom stereocenters. The molecule has 1 aliphatic rings. The molecule has 0 bridgehead atoms. The molecule has 11 heteroatoms. The van der Waals surface area contributed by atoms with Crippen molar-refractivity contribution in [3.05, 3.63) is 40.3 Å². The van der Waals surface area contributed by atoms with Crippen LogP contribution in [0.4, 0.5) is 11.6 Å². The third-order valence-corrected chi connectivity index (χ3v) is 5.60. The quantitative estimate of drug-likeness (QED) is 0.519. The molecule has 28 heavy (non-hydrogen) atoms. The van der Waals surface area contributed by atoms with E-state index >= 15 is 0 Å². The molecular formula is C17H17ClN8O2. The largest absolute Gasteiger partial charge is 0.396 e. The lowest BCUT2D eigenvalue weighted by Gasteiger charge is -2.12. The van der Waals surface area contributed by atoms with Crippen LogP contribution in [0.1, 0.15) is 12.8 Å². The molecule has 0 radical (unpaired) electrons. The Morgan fingerprint density at radius 1 is 1.36 bits per heavy atom. The molecule has 0 atom stereocenters. The molecule has 4 aromatic rings. The summed E-state index contributed by atoms with van der Waals surface area (Å²) in [5.41, 5.74) is 1.94. The summed E-state index contributed by atoms with van der Waals surface area (Å²) in [6.07, 6.45) is 6.53. The minimum Gasteiger partial charge on any atom is -0.396 e. The molecule has 4 heterocycles. The summed E-state index contributed by atoms with van der Waals surface area (Å²) in [6.45, 7) is 0.487. The first-order valence-corrected chi connectivity index (χ1v) is 9.16. The van der Waals surface area contributed by atoms with Gasteiger partial charge in [-0.15, -0.1) is 0 Å². The minimum atomic E-state index is -0.224. The summed E-state index contributed by atoms with van der Waals surface area (Å²) in [7, 11) is 1.69. The Balaban J connectivity index is 1.56. The van der Waals surface area contributed by atoms with Gasteiger partial charge in [-0.05, 0) is 12.8 Å². The third-order valence-electron chi connectivity index (χ3n) is 5.28. The Bertz CT molecular complexity index is 1270. The Hall–Kier alpha value is -2.98. The maximum atomic E-state index is 12.7. The number of anilines is 2. The van der Waals surface area contributed by atoms with Gasteiger partial charge in [0, 0.05) is 25.1 Å². The molecule has 0 saturated heterocycles. The van der Waals surface area contributed by atoms with Crippen LogP contribution >= 0.6 is 11.6 Å². The van der Waals surface area contributed by atoms with Gasteiger partial charge in [0.1, 0.15) is 11.8 Å². The summed E-state index contributed by atoms with van der Waals surface area (Å²) in [6, 6.07) is 1.69. The molecule has 1 fully saturated rings. The van der Waals surface area contributed by atoms with Crippen molar-refractivity contribution in [2.75, 3.05) is 11.9 Å². The fraction of sp³-hybridized carbons (Fsp3) is 0.353. The number of pyridine rings is 1. The molecule has 2 N–H and O–H groups in total. The second-order valence-corrected chi connectivity index (χ2v) is 7.62. The van der Waals surface area contributed by atoms with E-state index in [9.17, 15) is 9.90 Å². The number of aryl methyl sites for hydroxylation is 1. The highest BCUT2D eigenvalue weighted by molar-refractivity contribution is 6.33. The zero-order valence-electron chi connectivity index (χ0n) is 15.0. The average Bonchev–Trinajstić information content (AvgIpc) is 3.27. The van der Waals surface area contributed by atoms with Crippen molar-refractivity contribution >= 4 is 40.0 Å². The summed E-state index contributed by atoms with van der Waals surface area (Å²) in [4.78, 5) is 25.6. The van der Waals surface area contributed by atoms with Crippen molar-refractivity contribution in [3.63, 3.8) is 0 Å². The number of imidazole rings is 1. The lowest BCUT2D eigenvalue weighted by Crippen LogP contribution is -2.27. The van der Waals surface area contributed by atoms with Gasteiger partial charge in [0.05, 0.1) is 29.7 Å². The fourth-order valence-electron chi connectivity index (χ4n) is 3.31. The van der Waals surface area contributed by atoms with E-state index < -0.39 is 0 Å². The molecule has 1 aliphatic carbocycles. The van der Waals surface area contributed by atoms with Crippen LogP contribution in [0.5, 0.6) is 0 Å². The number of aromatic nitrogens is 7. The van der Waals surface area contributed by atoms with Crippen LogP contribution in [-0.4, -0.2) is 45.4 Å². The smallest absolute Gasteiger partial charge is 0.330 e. The minimum absolute atomic E-state index is 0.0551. The van der Waals surface area contributed by atoms with Gasteiger partial charge in [-0.2, -0.15) is 10.1 Å². The van der Waals surface area contributed by atoms with E-state index in [0.717, 1.165) is 12.8 Å². The second-order valence-electron chi connectivity index (χ2n) is 7.21. The second kappa shape index (κ2) is 6.01. The molecule has 144 valence electrons. The topological polar surface area (TPSA) is 115 Å². The van der Waals surface area contributed by atoms with E-state index in [-0.39, 0.29) is 17.7 Å². The van der Waals surface area contributed by atoms with Crippen LogP contribution in [-0.2, 0) is 13.6 Å². The van der Waals surface area contributed by atoms with E-state index in [1.54, 1.807) is 34.6 Å². The highest BCUT2D eigenvalue weighted by Crippen LogP contribution is 2.46. The molecular weight excluding hydrogens is 384 g/mol. The molecule has 10 nitrogen and oxygen atoms in total. The van der Waals surface area contributed by atoms with Gasteiger partial charge in [-0.25, -0.2) is 19.3 Å². The first-order valence-electron chi connectivity index (χ1n) is 8.79. The lowest BCUT2D eigenvalue weighted by molar-refractivity contribution is 0.194. The SMILES string of the molecule is Cn1c(=O)n(CC2(CO)CC2)c2nc(Nc3cn4ncnc4cc3Cl)ncc21. The molecule has 0 spiro atoms. The van der Waals surface area contributed by atoms with Crippen molar-refractivity contribution < 1.29 is 5.11 Å². The maximum absolute atomic E-state index is 12.7. The van der Waals surface area contributed by atoms with Gasteiger partial charge in [0.25, 0.3) is 0 Å². The van der Waals surface area contributed by atoms with E-state index in [4.69, 9.17) is 11.6 Å².